The standard InChI is InChI=1S/C13H16O/c1-3-4-8-11-13(2,14)12-9-6-5-7-10-12/h3-11,14H,1-2H3/t13-/m0/s1. The molecule has 0 aliphatic carbocycles. The Hall–Kier alpha value is -0.820. The van der Waals surface area contributed by atoms with E-state index >= 15 is 0 Å². The Morgan fingerprint density at radius 2 is 1.79 bits per heavy atom. The van der Waals surface area contributed by atoms with Gasteiger partial charge in [-0.25, -0.2) is 0 Å². The second-order valence-corrected chi connectivity index (χ2v) is 3.40. The third-order valence-corrected chi connectivity index (χ3v) is 2.08. The number of aliphatic hydroxyl groups is 1. The highest BCUT2D eigenvalue weighted by Crippen LogP contribution is 2.24. The molecule has 0 fully saturated rings. The molecule has 1 aromatic carbocycles. The zero-order chi connectivity index (χ0) is 10.4. The Morgan fingerprint density at radius 1 is 1.14 bits per heavy atom. The fourth-order valence-electron chi connectivity index (χ4n) is 1.23. The fourth-order valence-corrected chi connectivity index (χ4v) is 1.23. The Kier molecular flexibility index (Phi) is 4.15. The van der Waals surface area contributed by atoms with Crippen LogP contribution in [0.5, 0.6) is 0 Å². The van der Waals surface area contributed by atoms with Gasteiger partial charge in [-0.05, 0) is 31.7 Å². The number of hydrogen-bond donors (Lipinski definition) is 1. The summed E-state index contributed by atoms with van der Waals surface area (Å²) in [5, 5.41) is 10.1. The maximum atomic E-state index is 10.1. The van der Waals surface area contributed by atoms with Gasteiger partial charge in [0.2, 0.25) is 0 Å². The molecule has 0 aliphatic rings. The summed E-state index contributed by atoms with van der Waals surface area (Å²) in [7, 11) is 0. The van der Waals surface area contributed by atoms with Crippen LogP contribution in [0.3, 0.4) is 0 Å². The lowest BCUT2D eigenvalue weighted by Gasteiger charge is -2.23. The first-order valence-corrected chi connectivity index (χ1v) is 4.75. The molecule has 0 aliphatic heterocycles. The molecule has 1 aromatic rings. The predicted octanol–water partition coefficient (Wildman–Crippen LogP) is 2.73. The van der Waals surface area contributed by atoms with Crippen LogP contribution >= 0.6 is 0 Å². The number of unbranched alkanes of at least 4 members (excludes halogenated alkanes) is 2. The number of benzene rings is 1. The SMILES string of the molecule is C[CH][CH][CH][CH][C@](C)(O)c1ccccc1. The van der Waals surface area contributed by atoms with E-state index in [4.69, 9.17) is 0 Å². The molecule has 1 nitrogen and oxygen atoms in total. The summed E-state index contributed by atoms with van der Waals surface area (Å²) in [4.78, 5) is 0. The minimum absolute atomic E-state index is 0.888. The molecule has 1 atom stereocenters. The molecule has 0 saturated carbocycles. The summed E-state index contributed by atoms with van der Waals surface area (Å²) in [6.45, 7) is 3.73. The summed E-state index contributed by atoms with van der Waals surface area (Å²) in [5.41, 5.74) is 0.0154. The number of rotatable bonds is 5. The van der Waals surface area contributed by atoms with Gasteiger partial charge in [0, 0.05) is 6.42 Å². The van der Waals surface area contributed by atoms with E-state index in [0.717, 1.165) is 5.56 Å². The predicted molar refractivity (Wildman–Crippen MR) is 58.9 cm³/mol. The van der Waals surface area contributed by atoms with E-state index in [2.05, 4.69) is 0 Å². The van der Waals surface area contributed by atoms with E-state index in [1.54, 1.807) is 13.3 Å². The van der Waals surface area contributed by atoms with Crippen LogP contribution in [0.1, 0.15) is 19.4 Å². The van der Waals surface area contributed by atoms with Gasteiger partial charge >= 0.3 is 0 Å². The minimum atomic E-state index is -0.888. The lowest BCUT2D eigenvalue weighted by molar-refractivity contribution is 0.0956. The highest BCUT2D eigenvalue weighted by Gasteiger charge is 2.21. The summed E-state index contributed by atoms with van der Waals surface area (Å²) < 4.78 is 0. The van der Waals surface area contributed by atoms with Crippen molar-refractivity contribution in [3.05, 3.63) is 61.6 Å². The lowest BCUT2D eigenvalue weighted by Crippen LogP contribution is -2.21. The highest BCUT2D eigenvalue weighted by atomic mass is 16.3. The Bertz CT molecular complexity index is 251. The van der Waals surface area contributed by atoms with Crippen molar-refractivity contribution in [2.75, 3.05) is 0 Å². The zero-order valence-corrected chi connectivity index (χ0v) is 8.64. The van der Waals surface area contributed by atoms with Crippen LogP contribution in [0.25, 0.3) is 0 Å². The van der Waals surface area contributed by atoms with E-state index in [1.165, 1.54) is 0 Å². The van der Waals surface area contributed by atoms with E-state index in [-0.39, 0.29) is 0 Å². The van der Waals surface area contributed by atoms with E-state index in [1.807, 2.05) is 56.5 Å². The first-order valence-electron chi connectivity index (χ1n) is 4.75. The molecular formula is C13H16O. The minimum Gasteiger partial charge on any atom is -0.385 e. The van der Waals surface area contributed by atoms with Crippen LogP contribution in [-0.4, -0.2) is 5.11 Å². The van der Waals surface area contributed by atoms with Gasteiger partial charge in [-0.1, -0.05) is 37.3 Å². The summed E-state index contributed by atoms with van der Waals surface area (Å²) in [5.74, 6) is 0. The molecule has 74 valence electrons. The molecule has 0 saturated heterocycles. The normalized spacial score (nSPS) is 15.1. The van der Waals surface area contributed by atoms with Crippen molar-refractivity contribution in [2.24, 2.45) is 0 Å². The van der Waals surface area contributed by atoms with Gasteiger partial charge in [-0.15, -0.1) is 0 Å². The first kappa shape index (κ1) is 11.3. The Morgan fingerprint density at radius 3 is 2.36 bits per heavy atom. The van der Waals surface area contributed by atoms with E-state index in [9.17, 15) is 5.11 Å². The largest absolute Gasteiger partial charge is 0.385 e. The smallest absolute Gasteiger partial charge is 0.0903 e. The average Bonchev–Trinajstić information content (AvgIpc) is 2.19. The topological polar surface area (TPSA) is 20.2 Å². The number of hydrogen-bond acceptors (Lipinski definition) is 1. The molecular weight excluding hydrogens is 172 g/mol. The molecule has 14 heavy (non-hydrogen) atoms. The molecule has 0 heterocycles. The van der Waals surface area contributed by atoms with Crippen molar-refractivity contribution in [2.45, 2.75) is 19.4 Å². The third-order valence-electron chi connectivity index (χ3n) is 2.08. The monoisotopic (exact) mass is 188 g/mol. The maximum Gasteiger partial charge on any atom is 0.0903 e. The molecule has 0 aromatic heterocycles. The van der Waals surface area contributed by atoms with Crippen molar-refractivity contribution in [1.29, 1.82) is 0 Å². The Labute approximate surface area is 86.8 Å². The van der Waals surface area contributed by atoms with Crippen LogP contribution in [0, 0.1) is 25.7 Å². The molecule has 1 heteroatoms. The van der Waals surface area contributed by atoms with Crippen molar-refractivity contribution in [3.63, 3.8) is 0 Å². The van der Waals surface area contributed by atoms with Gasteiger partial charge in [0.05, 0.1) is 5.60 Å². The summed E-state index contributed by atoms with van der Waals surface area (Å²) in [6.07, 6.45) is 7.46. The van der Waals surface area contributed by atoms with Gasteiger partial charge in [0.1, 0.15) is 0 Å². The van der Waals surface area contributed by atoms with Crippen LogP contribution < -0.4 is 0 Å². The van der Waals surface area contributed by atoms with Crippen LogP contribution in [0.2, 0.25) is 0 Å². The third kappa shape index (κ3) is 3.15. The van der Waals surface area contributed by atoms with Gasteiger partial charge in [-0.3, -0.25) is 0 Å². The lowest BCUT2D eigenvalue weighted by atomic mass is 9.90. The Balaban J connectivity index is 2.56. The molecule has 0 spiro atoms. The average molecular weight is 188 g/mol. The van der Waals surface area contributed by atoms with Gasteiger partial charge in [-0.2, -0.15) is 0 Å². The second-order valence-electron chi connectivity index (χ2n) is 3.40. The van der Waals surface area contributed by atoms with Crippen molar-refractivity contribution in [1.82, 2.24) is 0 Å². The van der Waals surface area contributed by atoms with Gasteiger partial charge in [0.15, 0.2) is 0 Å². The summed E-state index contributed by atoms with van der Waals surface area (Å²) >= 11 is 0. The molecule has 1 rings (SSSR count). The van der Waals surface area contributed by atoms with Crippen LogP contribution in [0.15, 0.2) is 30.3 Å². The second kappa shape index (κ2) is 5.16. The molecule has 1 N–H and O–H groups in total. The van der Waals surface area contributed by atoms with E-state index < -0.39 is 5.60 Å². The van der Waals surface area contributed by atoms with Crippen molar-refractivity contribution in [3.8, 4) is 0 Å². The quantitative estimate of drug-likeness (QED) is 0.704. The molecule has 4 radical (unpaired) electrons. The first-order chi connectivity index (χ1) is 6.67. The van der Waals surface area contributed by atoms with Crippen molar-refractivity contribution >= 4 is 0 Å². The van der Waals surface area contributed by atoms with Crippen molar-refractivity contribution < 1.29 is 5.11 Å². The van der Waals surface area contributed by atoms with Crippen LogP contribution in [-0.2, 0) is 5.60 Å². The van der Waals surface area contributed by atoms with E-state index in [0.29, 0.717) is 0 Å². The molecule has 0 bridgehead atoms. The van der Waals surface area contributed by atoms with Crippen LogP contribution in [0.4, 0.5) is 0 Å². The molecule has 0 amide bonds. The zero-order valence-electron chi connectivity index (χ0n) is 8.64. The fraction of sp³-hybridized carbons (Fsp3) is 0.231. The maximum absolute atomic E-state index is 10.1. The molecule has 0 unspecified atom stereocenters. The highest BCUT2D eigenvalue weighted by molar-refractivity contribution is 5.27. The van der Waals surface area contributed by atoms with Gasteiger partial charge in [0.25, 0.3) is 0 Å². The summed E-state index contributed by atoms with van der Waals surface area (Å²) in [6, 6.07) is 9.62. The van der Waals surface area contributed by atoms with Gasteiger partial charge < -0.3 is 5.11 Å².